The Bertz CT molecular complexity index is 1870. The third kappa shape index (κ3) is 6.88. The first-order chi connectivity index (χ1) is 20.9. The minimum Gasteiger partial charge on any atom is -0.335 e. The summed E-state index contributed by atoms with van der Waals surface area (Å²) in [6.07, 6.45) is 9.34. The van der Waals surface area contributed by atoms with E-state index in [2.05, 4.69) is 66.3 Å². The second kappa shape index (κ2) is 13.6. The van der Waals surface area contributed by atoms with Crippen LogP contribution in [0.5, 0.6) is 0 Å². The van der Waals surface area contributed by atoms with Gasteiger partial charge in [0.15, 0.2) is 11.5 Å². The number of hydrogen-bond donors (Lipinski definition) is 3. The molecule has 0 atom stereocenters. The van der Waals surface area contributed by atoms with Gasteiger partial charge in [0, 0.05) is 29.3 Å². The number of nitrogens with one attached hydrogen (secondary N) is 3. The Morgan fingerprint density at radius 2 is 2.02 bits per heavy atom. The number of aryl methyl sites for hydroxylation is 1. The third-order valence-corrected chi connectivity index (χ3v) is 7.19. The van der Waals surface area contributed by atoms with Crippen LogP contribution >= 0.6 is 0 Å². The van der Waals surface area contributed by atoms with Crippen molar-refractivity contribution in [1.29, 1.82) is 0 Å². The molecule has 9 heteroatoms. The lowest BCUT2D eigenvalue weighted by Crippen LogP contribution is -2.15. The van der Waals surface area contributed by atoms with Crippen LogP contribution in [0, 0.1) is 17.7 Å². The maximum absolute atomic E-state index is 14.7. The first-order valence-corrected chi connectivity index (χ1v) is 14.5. The number of pyridine rings is 2. The molecule has 0 aliphatic rings. The number of likely N-dealkylation sites (N-methyl/N-ethyl adjacent to an activating group) is 1. The molecule has 0 amide bonds. The van der Waals surface area contributed by atoms with Crippen molar-refractivity contribution in [3.8, 4) is 34.5 Å². The summed E-state index contributed by atoms with van der Waals surface area (Å²) in [6, 6.07) is 9.13. The van der Waals surface area contributed by atoms with Gasteiger partial charge in [0.25, 0.3) is 0 Å². The van der Waals surface area contributed by atoms with Crippen molar-refractivity contribution >= 4 is 27.6 Å². The van der Waals surface area contributed by atoms with E-state index in [1.165, 1.54) is 0 Å². The number of benzene rings is 1. The number of aromatic amines is 2. The summed E-state index contributed by atoms with van der Waals surface area (Å²) in [4.78, 5) is 19.5. The van der Waals surface area contributed by atoms with E-state index in [0.29, 0.717) is 23.7 Å². The summed E-state index contributed by atoms with van der Waals surface area (Å²) in [5, 5.41) is 11.9. The molecular weight excluding hydrogens is 539 g/mol. The van der Waals surface area contributed by atoms with Crippen molar-refractivity contribution in [3.05, 3.63) is 77.5 Å². The Balaban J connectivity index is 1.52. The molecule has 220 valence electrons. The number of rotatable bonds is 11. The van der Waals surface area contributed by atoms with Crippen molar-refractivity contribution in [3.63, 3.8) is 0 Å². The maximum atomic E-state index is 14.7. The summed E-state index contributed by atoms with van der Waals surface area (Å²) in [5.41, 5.74) is 8.07. The van der Waals surface area contributed by atoms with Crippen LogP contribution in [-0.2, 0) is 6.42 Å². The molecule has 3 N–H and O–H groups in total. The zero-order valence-electron chi connectivity index (χ0n) is 25.3. The Hall–Kier alpha value is -4.65. The zero-order valence-corrected chi connectivity index (χ0v) is 25.3. The van der Waals surface area contributed by atoms with Crippen LogP contribution < -0.4 is 5.32 Å². The van der Waals surface area contributed by atoms with Gasteiger partial charge in [0.05, 0.1) is 22.9 Å². The van der Waals surface area contributed by atoms with Gasteiger partial charge in [0.1, 0.15) is 11.5 Å². The quantitative estimate of drug-likeness (QED) is 0.129. The van der Waals surface area contributed by atoms with E-state index in [1.54, 1.807) is 24.5 Å². The molecule has 0 saturated heterocycles. The molecule has 0 aliphatic carbocycles. The van der Waals surface area contributed by atoms with Gasteiger partial charge in [-0.3, -0.25) is 10.1 Å². The Kier molecular flexibility index (Phi) is 9.40. The predicted octanol–water partition coefficient (Wildman–Crippen LogP) is 6.16. The molecule has 5 aromatic rings. The molecule has 8 nitrogen and oxygen atoms in total. The number of hydrogen-bond acceptors (Lipinski definition) is 6. The summed E-state index contributed by atoms with van der Waals surface area (Å²) >= 11 is 0. The average molecular weight is 577 g/mol. The van der Waals surface area contributed by atoms with Crippen LogP contribution in [0.4, 0.5) is 4.39 Å². The second-order valence-electron chi connectivity index (χ2n) is 10.7. The van der Waals surface area contributed by atoms with Crippen molar-refractivity contribution in [2.75, 3.05) is 33.7 Å². The van der Waals surface area contributed by atoms with Crippen LogP contribution in [0.25, 0.3) is 50.3 Å². The number of fused-ring (bicyclic) bond motifs is 2. The number of halogens is 1. The van der Waals surface area contributed by atoms with E-state index >= 15 is 0 Å². The highest BCUT2D eigenvalue weighted by Gasteiger charge is 2.17. The summed E-state index contributed by atoms with van der Waals surface area (Å²) in [5.74, 6) is 6.51. The smallest absolute Gasteiger partial charge is 0.178 e. The van der Waals surface area contributed by atoms with E-state index in [9.17, 15) is 4.39 Å². The number of nitrogens with zero attached hydrogens (tertiary/aromatic N) is 5. The standard InChI is InChI=1S/C34H37FN8/c1-6-10-23(20-36-8-3)16-24(7-2)29-19-28-30(21-38-29)41-42-32(28)34-39-31-27(12-13-37-33(31)40-34)25-15-22(17-26(35)18-25)11-9-14-43(4)5/h7,12-13,15-19,21,36H,8-9,11,14,20H2,1-5H3,(H,41,42)(H,37,39,40)/b23-16+,24-7+. The predicted molar refractivity (Wildman–Crippen MR) is 173 cm³/mol. The van der Waals surface area contributed by atoms with E-state index in [4.69, 9.17) is 4.98 Å². The average Bonchev–Trinajstić information content (AvgIpc) is 3.62. The summed E-state index contributed by atoms with van der Waals surface area (Å²) in [7, 11) is 4.09. The number of imidazole rings is 1. The molecule has 0 spiro atoms. The monoisotopic (exact) mass is 576 g/mol. The molecule has 4 heterocycles. The van der Waals surface area contributed by atoms with Gasteiger partial charge in [-0.15, -0.1) is 5.92 Å². The fraction of sp³-hybridized carbons (Fsp3) is 0.294. The van der Waals surface area contributed by atoms with Crippen LogP contribution in [0.15, 0.2) is 60.5 Å². The summed E-state index contributed by atoms with van der Waals surface area (Å²) in [6.45, 7) is 8.39. The van der Waals surface area contributed by atoms with Gasteiger partial charge in [-0.1, -0.05) is 25.0 Å². The molecule has 1 aromatic carbocycles. The lowest BCUT2D eigenvalue weighted by atomic mass is 10.0. The number of H-pyrrole nitrogens is 2. The van der Waals surface area contributed by atoms with Crippen LogP contribution in [0.3, 0.4) is 0 Å². The minimum absolute atomic E-state index is 0.257. The Morgan fingerprint density at radius 3 is 2.79 bits per heavy atom. The molecule has 0 unspecified atom stereocenters. The number of aromatic nitrogens is 6. The van der Waals surface area contributed by atoms with E-state index in [-0.39, 0.29) is 5.82 Å². The van der Waals surface area contributed by atoms with Crippen LogP contribution in [-0.4, -0.2) is 68.8 Å². The van der Waals surface area contributed by atoms with Gasteiger partial charge in [-0.25, -0.2) is 14.4 Å². The molecule has 0 radical (unpaired) electrons. The highest BCUT2D eigenvalue weighted by molar-refractivity contribution is 5.96. The van der Waals surface area contributed by atoms with Gasteiger partial charge in [-0.05, 0) is 101 Å². The molecule has 0 aliphatic heterocycles. The first-order valence-electron chi connectivity index (χ1n) is 14.5. The van der Waals surface area contributed by atoms with Crippen molar-refractivity contribution in [1.82, 2.24) is 40.3 Å². The van der Waals surface area contributed by atoms with Gasteiger partial charge in [0.2, 0.25) is 0 Å². The lowest BCUT2D eigenvalue weighted by Gasteiger charge is -2.10. The van der Waals surface area contributed by atoms with Crippen molar-refractivity contribution < 1.29 is 4.39 Å². The van der Waals surface area contributed by atoms with E-state index in [1.807, 2.05) is 46.2 Å². The summed E-state index contributed by atoms with van der Waals surface area (Å²) < 4.78 is 14.7. The normalized spacial score (nSPS) is 12.3. The fourth-order valence-corrected chi connectivity index (χ4v) is 5.11. The molecule has 0 bridgehead atoms. The Morgan fingerprint density at radius 1 is 1.16 bits per heavy atom. The molecule has 5 rings (SSSR count). The van der Waals surface area contributed by atoms with Crippen molar-refractivity contribution in [2.45, 2.75) is 33.6 Å². The van der Waals surface area contributed by atoms with Gasteiger partial charge in [-0.2, -0.15) is 5.10 Å². The topological polar surface area (TPSA) is 98.4 Å². The van der Waals surface area contributed by atoms with E-state index in [0.717, 1.165) is 75.9 Å². The van der Waals surface area contributed by atoms with Crippen LogP contribution in [0.1, 0.15) is 38.4 Å². The third-order valence-electron chi connectivity index (χ3n) is 7.19. The largest absolute Gasteiger partial charge is 0.335 e. The van der Waals surface area contributed by atoms with E-state index < -0.39 is 0 Å². The molecular formula is C34H37FN8. The fourth-order valence-electron chi connectivity index (χ4n) is 5.11. The SMILES string of the molecule is CC#C/C(=C\C(=C/C)c1cc2c(-c3nc4nccc(-c5cc(F)cc(CCCN(C)C)c5)c4[nH]3)n[nH]c2cn1)CNCC. The van der Waals surface area contributed by atoms with Gasteiger partial charge >= 0.3 is 0 Å². The highest BCUT2D eigenvalue weighted by Crippen LogP contribution is 2.32. The maximum Gasteiger partial charge on any atom is 0.178 e. The molecule has 0 fully saturated rings. The lowest BCUT2D eigenvalue weighted by molar-refractivity contribution is 0.400. The Labute approximate surface area is 251 Å². The zero-order chi connectivity index (χ0) is 30.3. The van der Waals surface area contributed by atoms with Crippen molar-refractivity contribution in [2.24, 2.45) is 0 Å². The number of allylic oxidation sites excluding steroid dienone is 3. The van der Waals surface area contributed by atoms with Gasteiger partial charge < -0.3 is 15.2 Å². The highest BCUT2D eigenvalue weighted by atomic mass is 19.1. The van der Waals surface area contributed by atoms with Crippen LogP contribution in [0.2, 0.25) is 0 Å². The second-order valence-corrected chi connectivity index (χ2v) is 10.7. The molecule has 0 saturated carbocycles. The first kappa shape index (κ1) is 29.8. The molecule has 43 heavy (non-hydrogen) atoms. The minimum atomic E-state index is -0.257. The molecule has 4 aromatic heterocycles.